The van der Waals surface area contributed by atoms with Crippen LogP contribution in [0.25, 0.3) is 0 Å². The van der Waals surface area contributed by atoms with Crippen LogP contribution in [0.1, 0.15) is 24.8 Å². The van der Waals surface area contributed by atoms with Crippen LogP contribution in [0.3, 0.4) is 0 Å². The summed E-state index contributed by atoms with van der Waals surface area (Å²) in [4.78, 5) is 40.8. The second-order valence-corrected chi connectivity index (χ2v) is 9.59. The number of rotatable bonds is 8. The number of halogens is 4. The standard InChI is InChI=1S/C24H30F4N6O5/c1-29-18-19(21(36)20(18)35)32-13-7-15(11-33(10-13)22(37)30-2)34(14-4-5-14)23(38)31-9-12-3-6-16(8-17(12)25)39-24(26,27)28/h3,6,8,13-15,21,29,32,36H,4-5,7,9-11H2,1-2H3,(H,30,37)(H,31,38)/t13?,15-,21?/m1/s1. The van der Waals surface area contributed by atoms with Crippen molar-refractivity contribution in [1.29, 1.82) is 0 Å². The van der Waals surface area contributed by atoms with Gasteiger partial charge in [0.2, 0.25) is 5.78 Å². The zero-order valence-corrected chi connectivity index (χ0v) is 21.3. The number of Topliss-reactive ketones (excluding diaryl/α,β-unsaturated/α-hetero) is 1. The van der Waals surface area contributed by atoms with Gasteiger partial charge in [0.25, 0.3) is 0 Å². The predicted octanol–water partition coefficient (Wildman–Crippen LogP) is 1.14. The molecular formula is C24H30F4N6O5. The van der Waals surface area contributed by atoms with E-state index < -0.39 is 47.9 Å². The molecule has 0 aromatic heterocycles. The number of nitrogens with one attached hydrogen (secondary N) is 4. The summed E-state index contributed by atoms with van der Waals surface area (Å²) in [7, 11) is 3.04. The SMILES string of the molecule is CNC(=O)N1CC(NC2=C(NC)C(=O)C2O)C[C@@H](N(C(=O)NCc2ccc(OC(F)(F)F)cc2F)C2CC2)C1. The first-order chi connectivity index (χ1) is 18.4. The van der Waals surface area contributed by atoms with E-state index >= 15 is 0 Å². The van der Waals surface area contributed by atoms with Crippen LogP contribution in [0.2, 0.25) is 0 Å². The quantitative estimate of drug-likeness (QED) is 0.302. The van der Waals surface area contributed by atoms with E-state index in [0.29, 0.717) is 18.2 Å². The maximum Gasteiger partial charge on any atom is 0.573 e. The van der Waals surface area contributed by atoms with E-state index in [-0.39, 0.29) is 43.0 Å². The van der Waals surface area contributed by atoms with Crippen LogP contribution < -0.4 is 26.0 Å². The molecule has 1 saturated heterocycles. The van der Waals surface area contributed by atoms with E-state index in [0.717, 1.165) is 25.0 Å². The number of amides is 4. The summed E-state index contributed by atoms with van der Waals surface area (Å²) in [6, 6.07) is 0.848. The fourth-order valence-electron chi connectivity index (χ4n) is 4.90. The number of ketones is 1. The number of hydrogen-bond donors (Lipinski definition) is 5. The van der Waals surface area contributed by atoms with Crippen LogP contribution in [0.5, 0.6) is 5.75 Å². The zero-order chi connectivity index (χ0) is 28.5. The van der Waals surface area contributed by atoms with Crippen molar-refractivity contribution >= 4 is 17.8 Å². The molecule has 5 N–H and O–H groups in total. The molecule has 3 atom stereocenters. The van der Waals surface area contributed by atoms with E-state index in [4.69, 9.17) is 0 Å². The normalized spacial score (nSPS) is 23.1. The van der Waals surface area contributed by atoms with Crippen molar-refractivity contribution in [1.82, 2.24) is 31.1 Å². The first-order valence-electron chi connectivity index (χ1n) is 12.4. The minimum atomic E-state index is -4.96. The number of hydrogen-bond acceptors (Lipinski definition) is 7. The molecule has 2 unspecified atom stereocenters. The van der Waals surface area contributed by atoms with E-state index in [9.17, 15) is 37.1 Å². The molecule has 214 valence electrons. The molecule has 11 nitrogen and oxygen atoms in total. The van der Waals surface area contributed by atoms with Crippen LogP contribution in [-0.2, 0) is 11.3 Å². The summed E-state index contributed by atoms with van der Waals surface area (Å²) in [5.41, 5.74) is 0.543. The maximum atomic E-state index is 14.4. The molecular weight excluding hydrogens is 528 g/mol. The Balaban J connectivity index is 1.47. The Hall–Kier alpha value is -3.75. The summed E-state index contributed by atoms with van der Waals surface area (Å²) >= 11 is 0. The summed E-state index contributed by atoms with van der Waals surface area (Å²) in [5, 5.41) is 21.2. The Bertz CT molecular complexity index is 1160. The Morgan fingerprint density at radius 3 is 2.49 bits per heavy atom. The number of urea groups is 2. The molecule has 1 heterocycles. The lowest BCUT2D eigenvalue weighted by atomic mass is 9.92. The van der Waals surface area contributed by atoms with E-state index in [1.54, 1.807) is 11.9 Å². The van der Waals surface area contributed by atoms with Gasteiger partial charge < -0.3 is 40.9 Å². The third-order valence-electron chi connectivity index (χ3n) is 6.83. The highest BCUT2D eigenvalue weighted by Gasteiger charge is 2.44. The largest absolute Gasteiger partial charge is 0.573 e. The molecule has 0 radical (unpaired) electrons. The lowest BCUT2D eigenvalue weighted by Crippen LogP contribution is -2.62. The number of carbonyl (C=O) groups excluding carboxylic acids is 3. The Kier molecular flexibility index (Phi) is 8.09. The van der Waals surface area contributed by atoms with Crippen molar-refractivity contribution in [2.75, 3.05) is 27.2 Å². The van der Waals surface area contributed by atoms with Crippen LogP contribution in [0.15, 0.2) is 29.6 Å². The highest BCUT2D eigenvalue weighted by Crippen LogP contribution is 2.33. The van der Waals surface area contributed by atoms with Gasteiger partial charge >= 0.3 is 18.4 Å². The van der Waals surface area contributed by atoms with E-state index in [1.165, 1.54) is 11.9 Å². The Labute approximate surface area is 221 Å². The molecule has 15 heteroatoms. The minimum absolute atomic E-state index is 0.0287. The molecule has 1 aromatic rings. The number of carbonyl (C=O) groups is 3. The highest BCUT2D eigenvalue weighted by atomic mass is 19.4. The Morgan fingerprint density at radius 2 is 1.90 bits per heavy atom. The number of alkyl halides is 3. The lowest BCUT2D eigenvalue weighted by Gasteiger charge is -2.44. The third-order valence-corrected chi connectivity index (χ3v) is 6.83. The van der Waals surface area contributed by atoms with Crippen molar-refractivity contribution in [3.8, 4) is 5.75 Å². The first kappa shape index (κ1) is 28.3. The van der Waals surface area contributed by atoms with Crippen molar-refractivity contribution < 1.29 is 41.8 Å². The van der Waals surface area contributed by atoms with Gasteiger partial charge in [0.1, 0.15) is 17.3 Å². The van der Waals surface area contributed by atoms with Gasteiger partial charge in [-0.15, -0.1) is 13.2 Å². The van der Waals surface area contributed by atoms with Gasteiger partial charge in [-0.2, -0.15) is 0 Å². The average molecular weight is 559 g/mol. The highest BCUT2D eigenvalue weighted by molar-refractivity contribution is 6.07. The van der Waals surface area contributed by atoms with Crippen LogP contribution >= 0.6 is 0 Å². The number of likely N-dealkylation sites (N-methyl/N-ethyl adjacent to an activating group) is 1. The fraction of sp³-hybridized carbons (Fsp3) is 0.542. The predicted molar refractivity (Wildman–Crippen MR) is 129 cm³/mol. The minimum Gasteiger partial charge on any atom is -0.406 e. The molecule has 2 fully saturated rings. The Morgan fingerprint density at radius 1 is 1.18 bits per heavy atom. The summed E-state index contributed by atoms with van der Waals surface area (Å²) in [5.74, 6) is -2.12. The monoisotopic (exact) mass is 558 g/mol. The van der Waals surface area contributed by atoms with Crippen LogP contribution in [0, 0.1) is 5.82 Å². The second-order valence-electron chi connectivity index (χ2n) is 9.59. The second kappa shape index (κ2) is 11.2. The number of likely N-dealkylation sites (tertiary alicyclic amines) is 1. The molecule has 4 rings (SSSR count). The third kappa shape index (κ3) is 6.46. The van der Waals surface area contributed by atoms with Crippen LogP contribution in [-0.4, -0.2) is 90.5 Å². The average Bonchev–Trinajstić information content (AvgIpc) is 3.71. The van der Waals surface area contributed by atoms with Gasteiger partial charge in [0.05, 0.1) is 11.7 Å². The van der Waals surface area contributed by atoms with Gasteiger partial charge in [-0.25, -0.2) is 14.0 Å². The van der Waals surface area contributed by atoms with Gasteiger partial charge in [0, 0.05) is 57.4 Å². The number of aliphatic hydroxyl groups excluding tert-OH is 1. The van der Waals surface area contributed by atoms with Gasteiger partial charge in [0.15, 0.2) is 6.10 Å². The molecule has 3 aliphatic rings. The number of ether oxygens (including phenoxy) is 1. The van der Waals surface area contributed by atoms with E-state index in [1.807, 2.05) is 0 Å². The number of nitrogens with zero attached hydrogens (tertiary/aromatic N) is 2. The molecule has 1 saturated carbocycles. The summed E-state index contributed by atoms with van der Waals surface area (Å²) in [6.45, 7) is 0.203. The molecule has 0 spiro atoms. The topological polar surface area (TPSA) is 135 Å². The lowest BCUT2D eigenvalue weighted by molar-refractivity contribution is -0.274. The molecule has 39 heavy (non-hydrogen) atoms. The van der Waals surface area contributed by atoms with E-state index in [2.05, 4.69) is 26.0 Å². The number of piperidine rings is 1. The van der Waals surface area contributed by atoms with Crippen LogP contribution in [0.4, 0.5) is 27.2 Å². The van der Waals surface area contributed by atoms with Crippen molar-refractivity contribution in [3.05, 3.63) is 41.0 Å². The van der Waals surface area contributed by atoms with Gasteiger partial charge in [-0.1, -0.05) is 6.07 Å². The summed E-state index contributed by atoms with van der Waals surface area (Å²) in [6.07, 6.45) is -4.38. The number of benzene rings is 1. The first-order valence-corrected chi connectivity index (χ1v) is 12.4. The molecule has 4 amide bonds. The molecule has 2 aliphatic carbocycles. The zero-order valence-electron chi connectivity index (χ0n) is 21.3. The fourth-order valence-corrected chi connectivity index (χ4v) is 4.90. The van der Waals surface area contributed by atoms with Crippen molar-refractivity contribution in [2.24, 2.45) is 0 Å². The maximum absolute atomic E-state index is 14.4. The smallest absolute Gasteiger partial charge is 0.406 e. The molecule has 0 bridgehead atoms. The molecule has 1 aromatic carbocycles. The number of aliphatic hydroxyl groups is 1. The van der Waals surface area contributed by atoms with Crippen molar-refractivity contribution in [2.45, 2.75) is 56.4 Å². The summed E-state index contributed by atoms with van der Waals surface area (Å²) < 4.78 is 55.3. The molecule has 1 aliphatic heterocycles. The van der Waals surface area contributed by atoms with Crippen molar-refractivity contribution in [3.63, 3.8) is 0 Å². The van der Waals surface area contributed by atoms with Gasteiger partial charge in [-0.3, -0.25) is 4.79 Å². The van der Waals surface area contributed by atoms with Gasteiger partial charge in [-0.05, 0) is 25.3 Å².